The Hall–Kier alpha value is -6.06. The van der Waals surface area contributed by atoms with E-state index >= 15 is 0 Å². The van der Waals surface area contributed by atoms with Gasteiger partial charge in [0.05, 0.1) is 0 Å². The van der Waals surface area contributed by atoms with Gasteiger partial charge in [0.25, 0.3) is 0 Å². The lowest BCUT2D eigenvalue weighted by molar-refractivity contribution is 0.483. The zero-order valence-corrected chi connectivity index (χ0v) is 26.2. The van der Waals surface area contributed by atoms with Crippen molar-refractivity contribution in [3.8, 4) is 22.6 Å². The molecule has 0 aliphatic heterocycles. The van der Waals surface area contributed by atoms with Crippen LogP contribution in [0, 0.1) is 0 Å². The van der Waals surface area contributed by atoms with Gasteiger partial charge >= 0.3 is 0 Å². The highest BCUT2D eigenvalue weighted by Gasteiger charge is 2.12. The average molecular weight is 609 g/mol. The first-order valence-electron chi connectivity index (χ1n) is 16.0. The van der Waals surface area contributed by atoms with Gasteiger partial charge in [-0.3, -0.25) is 0 Å². The summed E-state index contributed by atoms with van der Waals surface area (Å²) < 4.78 is 6.26. The van der Waals surface area contributed by atoms with Crippen LogP contribution in [-0.2, 0) is 13.1 Å². The smallest absolute Gasteiger partial charge is 0.127 e. The summed E-state index contributed by atoms with van der Waals surface area (Å²) in [6, 6.07) is 67.6. The minimum absolute atomic E-state index is 0.783. The quantitative estimate of drug-likeness (QED) is 0.145. The number of rotatable bonds is 11. The summed E-state index contributed by atoms with van der Waals surface area (Å²) in [5.74, 6) is 1.61. The lowest BCUT2D eigenvalue weighted by atomic mass is 10.0. The van der Waals surface area contributed by atoms with E-state index in [0.29, 0.717) is 0 Å². The zero-order chi connectivity index (χ0) is 31.7. The molecule has 0 unspecified atom stereocenters. The van der Waals surface area contributed by atoms with Crippen molar-refractivity contribution in [3.05, 3.63) is 205 Å². The molecule has 0 atom stereocenters. The fraction of sp³-hybridized carbons (Fsp3) is 0.0455. The van der Waals surface area contributed by atoms with Crippen LogP contribution in [0.1, 0.15) is 11.1 Å². The van der Waals surface area contributed by atoms with Gasteiger partial charge in [0.2, 0.25) is 0 Å². The predicted octanol–water partition coefficient (Wildman–Crippen LogP) is 11.8. The Labute approximate surface area is 277 Å². The first-order chi connectivity index (χ1) is 23.3. The van der Waals surface area contributed by atoms with Gasteiger partial charge in [0.1, 0.15) is 11.5 Å². The van der Waals surface area contributed by atoms with E-state index in [0.717, 1.165) is 52.8 Å². The van der Waals surface area contributed by atoms with Crippen LogP contribution in [0.25, 0.3) is 11.1 Å². The monoisotopic (exact) mass is 608 g/mol. The van der Waals surface area contributed by atoms with E-state index in [1.165, 1.54) is 16.8 Å². The molecule has 0 saturated heterocycles. The molecule has 0 saturated carbocycles. The average Bonchev–Trinajstić information content (AvgIpc) is 3.15. The van der Waals surface area contributed by atoms with Gasteiger partial charge in [0.15, 0.2) is 0 Å². The topological polar surface area (TPSA) is 15.7 Å². The molecule has 0 radical (unpaired) electrons. The highest BCUT2D eigenvalue weighted by molar-refractivity contribution is 5.70. The molecule has 0 amide bonds. The Kier molecular flexibility index (Phi) is 9.06. The van der Waals surface area contributed by atoms with E-state index < -0.39 is 0 Å². The number of para-hydroxylation sites is 2. The van der Waals surface area contributed by atoms with E-state index in [-0.39, 0.29) is 0 Å². The normalized spacial score (nSPS) is 10.7. The van der Waals surface area contributed by atoms with Gasteiger partial charge in [-0.05, 0) is 95.1 Å². The fourth-order valence-electron chi connectivity index (χ4n) is 5.79. The SMILES string of the molecule is c1ccc(CN(c2ccccc2)c2ccc(Oc3ccc(-c4ccc(N(Cc5ccccc5)c5ccccc5)cc4)cc3)cc2)cc1. The molecular formula is C44H36N2O. The molecule has 3 nitrogen and oxygen atoms in total. The van der Waals surface area contributed by atoms with Crippen molar-refractivity contribution < 1.29 is 4.74 Å². The van der Waals surface area contributed by atoms with Gasteiger partial charge in [-0.25, -0.2) is 0 Å². The second-order valence-corrected chi connectivity index (χ2v) is 11.5. The molecule has 7 aromatic carbocycles. The van der Waals surface area contributed by atoms with Crippen LogP contribution in [0.15, 0.2) is 194 Å². The van der Waals surface area contributed by atoms with E-state index in [4.69, 9.17) is 4.74 Å². The number of nitrogens with zero attached hydrogens (tertiary/aromatic N) is 2. The van der Waals surface area contributed by atoms with Crippen molar-refractivity contribution in [3.63, 3.8) is 0 Å². The molecule has 7 rings (SSSR count). The molecule has 0 aromatic heterocycles. The highest BCUT2D eigenvalue weighted by atomic mass is 16.5. The summed E-state index contributed by atoms with van der Waals surface area (Å²) in [6.45, 7) is 1.58. The predicted molar refractivity (Wildman–Crippen MR) is 196 cm³/mol. The molecule has 0 spiro atoms. The van der Waals surface area contributed by atoms with E-state index in [1.807, 2.05) is 30.3 Å². The molecule has 0 heterocycles. The summed E-state index contributed by atoms with van der Waals surface area (Å²) in [7, 11) is 0. The molecule has 47 heavy (non-hydrogen) atoms. The summed E-state index contributed by atoms with van der Waals surface area (Å²) in [5, 5.41) is 0. The molecule has 3 heteroatoms. The van der Waals surface area contributed by atoms with Crippen molar-refractivity contribution in [2.24, 2.45) is 0 Å². The van der Waals surface area contributed by atoms with E-state index in [9.17, 15) is 0 Å². The molecule has 0 aliphatic rings. The van der Waals surface area contributed by atoms with Gasteiger partial charge in [-0.15, -0.1) is 0 Å². The van der Waals surface area contributed by atoms with Crippen LogP contribution in [0.3, 0.4) is 0 Å². The van der Waals surface area contributed by atoms with E-state index in [1.54, 1.807) is 0 Å². The third-order valence-electron chi connectivity index (χ3n) is 8.25. The molecule has 228 valence electrons. The summed E-state index contributed by atoms with van der Waals surface area (Å²) in [5.41, 5.74) is 9.42. The van der Waals surface area contributed by atoms with Crippen LogP contribution in [-0.4, -0.2) is 0 Å². The molecule has 0 aliphatic carbocycles. The maximum absolute atomic E-state index is 6.26. The summed E-state index contributed by atoms with van der Waals surface area (Å²) >= 11 is 0. The molecular weight excluding hydrogens is 572 g/mol. The largest absolute Gasteiger partial charge is 0.457 e. The Bertz CT molecular complexity index is 1960. The number of ether oxygens (including phenoxy) is 1. The lowest BCUT2D eigenvalue weighted by Crippen LogP contribution is -2.16. The van der Waals surface area contributed by atoms with Crippen molar-refractivity contribution in [1.29, 1.82) is 0 Å². The van der Waals surface area contributed by atoms with Crippen LogP contribution < -0.4 is 14.5 Å². The van der Waals surface area contributed by atoms with Gasteiger partial charge < -0.3 is 14.5 Å². The van der Waals surface area contributed by atoms with E-state index in [2.05, 4.69) is 174 Å². The van der Waals surface area contributed by atoms with Crippen LogP contribution in [0.2, 0.25) is 0 Å². The Morgan fingerprint density at radius 1 is 0.298 bits per heavy atom. The van der Waals surface area contributed by atoms with Gasteiger partial charge in [-0.1, -0.05) is 121 Å². The number of benzene rings is 7. The zero-order valence-electron chi connectivity index (χ0n) is 26.2. The maximum atomic E-state index is 6.26. The van der Waals surface area contributed by atoms with Crippen LogP contribution in [0.5, 0.6) is 11.5 Å². The highest BCUT2D eigenvalue weighted by Crippen LogP contribution is 2.33. The maximum Gasteiger partial charge on any atom is 0.127 e. The van der Waals surface area contributed by atoms with Crippen molar-refractivity contribution in [1.82, 2.24) is 0 Å². The van der Waals surface area contributed by atoms with Crippen molar-refractivity contribution >= 4 is 22.7 Å². The Balaban J connectivity index is 1.04. The van der Waals surface area contributed by atoms with Gasteiger partial charge in [0, 0.05) is 35.8 Å². The number of hydrogen-bond acceptors (Lipinski definition) is 3. The Morgan fingerprint density at radius 3 is 1.00 bits per heavy atom. The summed E-state index contributed by atoms with van der Waals surface area (Å²) in [6.07, 6.45) is 0. The number of anilines is 4. The third kappa shape index (κ3) is 7.43. The standard InChI is InChI=1S/C44H36N2O/c1-5-13-35(14-6-1)33-45(39-17-9-3-10-18-39)41-25-21-37(22-26-41)38-23-29-43(30-24-38)47-44-31-27-42(28-32-44)46(40-19-11-4-12-20-40)34-36-15-7-2-8-16-36/h1-32H,33-34H2. The molecule has 7 aromatic rings. The van der Waals surface area contributed by atoms with Crippen LogP contribution in [0.4, 0.5) is 22.7 Å². The summed E-state index contributed by atoms with van der Waals surface area (Å²) in [4.78, 5) is 4.67. The lowest BCUT2D eigenvalue weighted by Gasteiger charge is -2.25. The minimum Gasteiger partial charge on any atom is -0.457 e. The number of hydrogen-bond donors (Lipinski definition) is 0. The first-order valence-corrected chi connectivity index (χ1v) is 16.0. The second-order valence-electron chi connectivity index (χ2n) is 11.5. The molecule has 0 bridgehead atoms. The van der Waals surface area contributed by atoms with Crippen LogP contribution >= 0.6 is 0 Å². The van der Waals surface area contributed by atoms with Gasteiger partial charge in [-0.2, -0.15) is 0 Å². The minimum atomic E-state index is 0.783. The fourth-order valence-corrected chi connectivity index (χ4v) is 5.79. The first kappa shape index (κ1) is 29.6. The second kappa shape index (κ2) is 14.4. The third-order valence-corrected chi connectivity index (χ3v) is 8.25. The Morgan fingerprint density at radius 2 is 0.596 bits per heavy atom. The van der Waals surface area contributed by atoms with Crippen molar-refractivity contribution in [2.75, 3.05) is 9.80 Å². The van der Waals surface area contributed by atoms with Crippen molar-refractivity contribution in [2.45, 2.75) is 13.1 Å². The molecule has 0 fully saturated rings. The molecule has 0 N–H and O–H groups in total.